The smallest absolute Gasteiger partial charge is 0.287 e. The van der Waals surface area contributed by atoms with Crippen molar-refractivity contribution in [2.24, 2.45) is 0 Å². The zero-order chi connectivity index (χ0) is 18.0. The van der Waals surface area contributed by atoms with E-state index in [-0.39, 0.29) is 11.9 Å². The summed E-state index contributed by atoms with van der Waals surface area (Å²) in [4.78, 5) is 13.8. The molecule has 0 aliphatic rings. The second-order valence-corrected chi connectivity index (χ2v) is 6.27. The lowest BCUT2D eigenvalue weighted by atomic mass is 10.1. The van der Waals surface area contributed by atoms with Crippen molar-refractivity contribution in [2.75, 3.05) is 27.7 Å². The van der Waals surface area contributed by atoms with E-state index in [1.165, 1.54) is 4.90 Å². The molecule has 25 heavy (non-hydrogen) atoms. The van der Waals surface area contributed by atoms with Crippen LogP contribution >= 0.6 is 0 Å². The number of furan rings is 2. The molecule has 0 radical (unpaired) electrons. The van der Waals surface area contributed by atoms with Gasteiger partial charge in [-0.3, -0.25) is 4.79 Å². The summed E-state index contributed by atoms with van der Waals surface area (Å²) in [6.45, 7) is 2.33. The number of nitrogens with one attached hydrogen (secondary N) is 2. The lowest BCUT2D eigenvalue weighted by Gasteiger charge is -2.19. The van der Waals surface area contributed by atoms with Gasteiger partial charge in [0.15, 0.2) is 17.6 Å². The van der Waals surface area contributed by atoms with Crippen LogP contribution in [0.1, 0.15) is 27.9 Å². The molecule has 0 unspecified atom stereocenters. The van der Waals surface area contributed by atoms with E-state index in [0.717, 1.165) is 22.5 Å². The van der Waals surface area contributed by atoms with Crippen LogP contribution in [0.15, 0.2) is 45.4 Å². The molecule has 0 saturated heterocycles. The number of fused-ring (bicyclic) bond motifs is 1. The van der Waals surface area contributed by atoms with Crippen LogP contribution in [-0.4, -0.2) is 33.7 Å². The summed E-state index contributed by atoms with van der Waals surface area (Å²) in [5, 5.41) is 3.83. The number of carbonyl (C=O) groups excluding carboxylic acids is 1. The first-order valence-electron chi connectivity index (χ1n) is 8.20. The molecule has 6 nitrogen and oxygen atoms in total. The topological polar surface area (TPSA) is 69.0 Å². The average Bonchev–Trinajstić information content (AvgIpc) is 3.23. The lowest BCUT2D eigenvalue weighted by molar-refractivity contribution is -0.891. The van der Waals surface area contributed by atoms with Crippen molar-refractivity contribution in [3.05, 3.63) is 53.7 Å². The Morgan fingerprint density at radius 2 is 2.12 bits per heavy atom. The summed E-state index contributed by atoms with van der Waals surface area (Å²) in [6.07, 6.45) is 1.64. The monoisotopic (exact) mass is 343 g/mol. The largest absolute Gasteiger partial charge is 0.497 e. The first kappa shape index (κ1) is 17.1. The number of ether oxygens (including phenoxy) is 1. The first-order chi connectivity index (χ1) is 12.0. The SMILES string of the molecule is COc1ccc2oc(C(=O)NC[C@@H](c3ccco3)[NH+](C)C)c(C)c2c1. The maximum atomic E-state index is 12.6. The molecule has 6 heteroatoms. The van der Waals surface area contributed by atoms with Crippen molar-refractivity contribution in [1.29, 1.82) is 0 Å². The van der Waals surface area contributed by atoms with Crippen molar-refractivity contribution >= 4 is 16.9 Å². The molecule has 0 fully saturated rings. The molecule has 0 bridgehead atoms. The number of likely N-dealkylation sites (N-methyl/N-ethyl adjacent to an activating group) is 1. The van der Waals surface area contributed by atoms with Gasteiger partial charge in [0.05, 0.1) is 34.0 Å². The molecule has 0 spiro atoms. The molecule has 3 aromatic rings. The maximum absolute atomic E-state index is 12.6. The van der Waals surface area contributed by atoms with Gasteiger partial charge in [-0.05, 0) is 37.3 Å². The molecule has 3 rings (SSSR count). The van der Waals surface area contributed by atoms with E-state index in [0.29, 0.717) is 17.9 Å². The third kappa shape index (κ3) is 3.39. The summed E-state index contributed by atoms with van der Waals surface area (Å²) in [6, 6.07) is 9.30. The first-order valence-corrected chi connectivity index (χ1v) is 8.20. The summed E-state index contributed by atoms with van der Waals surface area (Å²) in [5.74, 6) is 1.67. The quantitative estimate of drug-likeness (QED) is 0.718. The Balaban J connectivity index is 1.79. The molecule has 2 N–H and O–H groups in total. The third-order valence-corrected chi connectivity index (χ3v) is 4.40. The molecule has 132 valence electrons. The van der Waals surface area contributed by atoms with Crippen molar-refractivity contribution in [3.63, 3.8) is 0 Å². The van der Waals surface area contributed by atoms with Gasteiger partial charge in [0.1, 0.15) is 11.3 Å². The Kier molecular flexibility index (Phi) is 4.81. The number of benzene rings is 1. The highest BCUT2D eigenvalue weighted by atomic mass is 16.5. The zero-order valence-corrected chi connectivity index (χ0v) is 14.9. The van der Waals surface area contributed by atoms with Gasteiger partial charge in [0, 0.05) is 10.9 Å². The fourth-order valence-electron chi connectivity index (χ4n) is 2.90. The second-order valence-electron chi connectivity index (χ2n) is 6.27. The maximum Gasteiger partial charge on any atom is 0.287 e. The molecule has 0 saturated carbocycles. The summed E-state index contributed by atoms with van der Waals surface area (Å²) >= 11 is 0. The van der Waals surface area contributed by atoms with Crippen LogP contribution in [0.3, 0.4) is 0 Å². The summed E-state index contributed by atoms with van der Waals surface area (Å²) in [7, 11) is 5.67. The van der Waals surface area contributed by atoms with Crippen molar-refractivity contribution in [2.45, 2.75) is 13.0 Å². The fraction of sp³-hybridized carbons (Fsp3) is 0.316. The summed E-state index contributed by atoms with van der Waals surface area (Å²) < 4.78 is 16.5. The molecule has 0 aliphatic carbocycles. The molecular weight excluding hydrogens is 320 g/mol. The molecule has 1 amide bonds. The van der Waals surface area contributed by atoms with Gasteiger partial charge in [0.25, 0.3) is 5.91 Å². The predicted molar refractivity (Wildman–Crippen MR) is 94.1 cm³/mol. The highest BCUT2D eigenvalue weighted by molar-refractivity contribution is 5.99. The van der Waals surface area contributed by atoms with Gasteiger partial charge in [-0.2, -0.15) is 0 Å². The molecule has 2 aromatic heterocycles. The highest BCUT2D eigenvalue weighted by Gasteiger charge is 2.24. The van der Waals surface area contributed by atoms with Crippen LogP contribution < -0.4 is 15.0 Å². The summed E-state index contributed by atoms with van der Waals surface area (Å²) in [5.41, 5.74) is 1.47. The van der Waals surface area contributed by atoms with E-state index in [2.05, 4.69) is 5.32 Å². The van der Waals surface area contributed by atoms with E-state index in [4.69, 9.17) is 13.6 Å². The fourth-order valence-corrected chi connectivity index (χ4v) is 2.90. The van der Waals surface area contributed by atoms with Gasteiger partial charge in [-0.1, -0.05) is 0 Å². The molecule has 1 aromatic carbocycles. The van der Waals surface area contributed by atoms with E-state index >= 15 is 0 Å². The lowest BCUT2D eigenvalue weighted by Crippen LogP contribution is -3.07. The van der Waals surface area contributed by atoms with Gasteiger partial charge < -0.3 is 23.8 Å². The number of quaternary nitrogens is 1. The minimum Gasteiger partial charge on any atom is -0.497 e. The second kappa shape index (κ2) is 7.03. The number of amides is 1. The van der Waals surface area contributed by atoms with Crippen molar-refractivity contribution in [3.8, 4) is 5.75 Å². The Labute approximate surface area is 146 Å². The number of hydrogen-bond donors (Lipinski definition) is 2. The number of aryl methyl sites for hydroxylation is 1. The average molecular weight is 343 g/mol. The third-order valence-electron chi connectivity index (χ3n) is 4.40. The highest BCUT2D eigenvalue weighted by Crippen LogP contribution is 2.28. The van der Waals surface area contributed by atoms with Crippen LogP contribution in [0.2, 0.25) is 0 Å². The molecular formula is C19H23N2O4+. The Morgan fingerprint density at radius 1 is 1.32 bits per heavy atom. The van der Waals surface area contributed by atoms with Crippen LogP contribution in [0.4, 0.5) is 0 Å². The van der Waals surface area contributed by atoms with Gasteiger partial charge >= 0.3 is 0 Å². The van der Waals surface area contributed by atoms with Crippen molar-refractivity contribution in [1.82, 2.24) is 5.32 Å². The molecule has 0 aliphatic heterocycles. The van der Waals surface area contributed by atoms with E-state index in [1.807, 2.05) is 51.4 Å². The van der Waals surface area contributed by atoms with E-state index < -0.39 is 0 Å². The number of methoxy groups -OCH3 is 1. The van der Waals surface area contributed by atoms with Gasteiger partial charge in [0.2, 0.25) is 0 Å². The molecule has 2 heterocycles. The predicted octanol–water partition coefficient (Wildman–Crippen LogP) is 1.96. The van der Waals surface area contributed by atoms with Crippen LogP contribution in [0.5, 0.6) is 5.75 Å². The Bertz CT molecular complexity index is 865. The Hall–Kier alpha value is -2.73. The van der Waals surface area contributed by atoms with E-state index in [9.17, 15) is 4.79 Å². The van der Waals surface area contributed by atoms with Crippen molar-refractivity contribution < 1.29 is 23.3 Å². The van der Waals surface area contributed by atoms with E-state index in [1.54, 1.807) is 13.4 Å². The normalized spacial score (nSPS) is 12.5. The van der Waals surface area contributed by atoms with Gasteiger partial charge in [-0.25, -0.2) is 0 Å². The minimum atomic E-state index is -0.231. The number of rotatable bonds is 6. The number of carbonyl (C=O) groups is 1. The van der Waals surface area contributed by atoms with Crippen LogP contribution in [0, 0.1) is 6.92 Å². The standard InChI is InChI=1S/C19H22N2O4/c1-12-14-10-13(23-4)7-8-16(14)25-18(12)19(22)20-11-15(21(2)3)17-6-5-9-24-17/h5-10,15H,11H2,1-4H3,(H,20,22)/p+1/t15-/m0/s1. The van der Waals surface area contributed by atoms with Crippen LogP contribution in [-0.2, 0) is 0 Å². The zero-order valence-electron chi connectivity index (χ0n) is 14.9. The Morgan fingerprint density at radius 3 is 2.76 bits per heavy atom. The molecule has 1 atom stereocenters. The van der Waals surface area contributed by atoms with Gasteiger partial charge in [-0.15, -0.1) is 0 Å². The number of hydrogen-bond acceptors (Lipinski definition) is 4. The van der Waals surface area contributed by atoms with Crippen LogP contribution in [0.25, 0.3) is 11.0 Å². The minimum absolute atomic E-state index is 0.0312.